The van der Waals surface area contributed by atoms with E-state index in [0.717, 1.165) is 6.07 Å². The molecule has 2 N–H and O–H groups in total. The number of nitrogens with zero attached hydrogens (tertiary/aromatic N) is 1. The predicted octanol–water partition coefficient (Wildman–Crippen LogP) is 4.68. The highest BCUT2D eigenvalue weighted by Crippen LogP contribution is 2.27. The number of hydrogen-bond donors (Lipinski definition) is 2. The Morgan fingerprint density at radius 3 is 2.52 bits per heavy atom. The van der Waals surface area contributed by atoms with Gasteiger partial charge < -0.3 is 15.2 Å². The van der Waals surface area contributed by atoms with Gasteiger partial charge in [-0.3, -0.25) is 4.79 Å². The largest absolute Gasteiger partial charge is 0.328 e. The van der Waals surface area contributed by atoms with Crippen LogP contribution in [0.5, 0.6) is 0 Å². The average molecular weight is 392 g/mol. The van der Waals surface area contributed by atoms with Gasteiger partial charge in [-0.15, -0.1) is 0 Å². The molecule has 1 aromatic heterocycles. The number of hydrogen-bond acceptors (Lipinski definition) is 2. The molecule has 0 unspecified atom stereocenters. The summed E-state index contributed by atoms with van der Waals surface area (Å²) in [6.07, 6.45) is 1.40. The van der Waals surface area contributed by atoms with Crippen molar-refractivity contribution in [2.75, 3.05) is 12.4 Å². The van der Waals surface area contributed by atoms with Gasteiger partial charge in [-0.1, -0.05) is 17.7 Å². The summed E-state index contributed by atoms with van der Waals surface area (Å²) in [7, 11) is 1.56. The Morgan fingerprint density at radius 2 is 1.85 bits per heavy atom. The molecule has 3 aromatic rings. The number of pyridine rings is 1. The quantitative estimate of drug-likeness (QED) is 0.680. The zero-order valence-electron chi connectivity index (χ0n) is 14.5. The van der Waals surface area contributed by atoms with E-state index in [1.807, 2.05) is 0 Å². The van der Waals surface area contributed by atoms with Crippen molar-refractivity contribution in [2.24, 2.45) is 0 Å². The number of carbonyl (C=O) groups is 1. The first-order valence-electron chi connectivity index (χ1n) is 8.08. The normalized spacial score (nSPS) is 12.0. The van der Waals surface area contributed by atoms with E-state index in [4.69, 9.17) is 11.6 Å². The minimum atomic E-state index is -1.21. The van der Waals surface area contributed by atoms with Crippen LogP contribution in [0.2, 0.25) is 5.02 Å². The topological polar surface area (TPSA) is 65.2 Å². The van der Waals surface area contributed by atoms with Gasteiger partial charge in [0.2, 0.25) is 0 Å². The Hall–Kier alpha value is -2.93. The molecule has 0 spiro atoms. The standard InChI is InChI=1S/C19H16ClF2N3O2/c1-10(25(2)19(27)24-12-5-3-11(20)4-6-12)14-9-23-18(26)16-13(14)7-8-15(21)17(16)22/h3-10H,1-2H3,(H,23,26)(H,24,27)/t10-/m1/s1. The van der Waals surface area contributed by atoms with Crippen LogP contribution in [0.1, 0.15) is 18.5 Å². The number of H-pyrrole nitrogens is 1. The highest BCUT2D eigenvalue weighted by Gasteiger charge is 2.22. The third-order valence-electron chi connectivity index (χ3n) is 4.44. The molecule has 8 heteroatoms. The lowest BCUT2D eigenvalue weighted by Gasteiger charge is -2.26. The van der Waals surface area contributed by atoms with Crippen LogP contribution in [0.3, 0.4) is 0 Å². The van der Waals surface area contributed by atoms with Gasteiger partial charge in [0.15, 0.2) is 11.6 Å². The number of carbonyl (C=O) groups excluding carboxylic acids is 1. The highest BCUT2D eigenvalue weighted by atomic mass is 35.5. The zero-order valence-corrected chi connectivity index (χ0v) is 15.3. The van der Waals surface area contributed by atoms with Crippen LogP contribution in [-0.4, -0.2) is 23.0 Å². The highest BCUT2D eigenvalue weighted by molar-refractivity contribution is 6.30. The monoisotopic (exact) mass is 391 g/mol. The first-order valence-corrected chi connectivity index (χ1v) is 8.46. The molecule has 27 heavy (non-hydrogen) atoms. The second-order valence-electron chi connectivity index (χ2n) is 6.08. The van der Waals surface area contributed by atoms with E-state index in [-0.39, 0.29) is 10.8 Å². The number of aromatic amines is 1. The Morgan fingerprint density at radius 1 is 1.19 bits per heavy atom. The van der Waals surface area contributed by atoms with Crippen LogP contribution < -0.4 is 10.9 Å². The molecule has 1 heterocycles. The number of urea groups is 1. The lowest BCUT2D eigenvalue weighted by atomic mass is 10.0. The van der Waals surface area contributed by atoms with Gasteiger partial charge in [0.1, 0.15) is 0 Å². The Bertz CT molecular complexity index is 1070. The number of rotatable bonds is 3. The number of halogens is 3. The fraction of sp³-hybridized carbons (Fsp3) is 0.158. The second kappa shape index (κ2) is 7.36. The third-order valence-corrected chi connectivity index (χ3v) is 4.69. The molecule has 2 aromatic carbocycles. The lowest BCUT2D eigenvalue weighted by Crippen LogP contribution is -2.34. The molecule has 2 amide bonds. The number of aromatic nitrogens is 1. The van der Waals surface area contributed by atoms with Crippen LogP contribution in [0.25, 0.3) is 10.8 Å². The van der Waals surface area contributed by atoms with Crippen LogP contribution in [0, 0.1) is 11.6 Å². The Kier molecular flexibility index (Phi) is 5.14. The summed E-state index contributed by atoms with van der Waals surface area (Å²) in [6.45, 7) is 1.72. The van der Waals surface area contributed by atoms with Crippen molar-refractivity contribution in [3.8, 4) is 0 Å². The van der Waals surface area contributed by atoms with E-state index in [9.17, 15) is 18.4 Å². The molecule has 0 aliphatic heterocycles. The van der Waals surface area contributed by atoms with Gasteiger partial charge in [-0.2, -0.15) is 0 Å². The lowest BCUT2D eigenvalue weighted by molar-refractivity contribution is 0.208. The van der Waals surface area contributed by atoms with Gasteiger partial charge in [0.25, 0.3) is 5.56 Å². The van der Waals surface area contributed by atoms with Crippen molar-refractivity contribution in [3.63, 3.8) is 0 Å². The summed E-state index contributed by atoms with van der Waals surface area (Å²) in [5.41, 5.74) is 0.311. The molecule has 0 aliphatic rings. The van der Waals surface area contributed by atoms with Gasteiger partial charge >= 0.3 is 6.03 Å². The van der Waals surface area contributed by atoms with Crippen molar-refractivity contribution < 1.29 is 13.6 Å². The van der Waals surface area contributed by atoms with Gasteiger partial charge in [0, 0.05) is 24.0 Å². The van der Waals surface area contributed by atoms with E-state index >= 15 is 0 Å². The van der Waals surface area contributed by atoms with E-state index in [0.29, 0.717) is 16.3 Å². The number of anilines is 1. The molecule has 1 atom stereocenters. The average Bonchev–Trinajstić information content (AvgIpc) is 2.65. The molecule has 0 radical (unpaired) electrons. The molecule has 0 saturated heterocycles. The molecule has 0 bridgehead atoms. The predicted molar refractivity (Wildman–Crippen MR) is 101 cm³/mol. The van der Waals surface area contributed by atoms with E-state index < -0.39 is 29.3 Å². The van der Waals surface area contributed by atoms with E-state index in [1.165, 1.54) is 17.2 Å². The smallest absolute Gasteiger partial charge is 0.322 e. The van der Waals surface area contributed by atoms with Gasteiger partial charge in [0.05, 0.1) is 11.4 Å². The van der Waals surface area contributed by atoms with Crippen molar-refractivity contribution in [2.45, 2.75) is 13.0 Å². The SMILES string of the molecule is C[C@H](c1c[nH]c(=O)c2c(F)c(F)ccc12)N(C)C(=O)Nc1ccc(Cl)cc1. The minimum Gasteiger partial charge on any atom is -0.328 e. The first-order chi connectivity index (χ1) is 12.8. The summed E-state index contributed by atoms with van der Waals surface area (Å²) in [5, 5.41) is 3.14. The van der Waals surface area contributed by atoms with Crippen LogP contribution in [-0.2, 0) is 0 Å². The van der Waals surface area contributed by atoms with E-state index in [2.05, 4.69) is 10.3 Å². The fourth-order valence-electron chi connectivity index (χ4n) is 2.78. The summed E-state index contributed by atoms with van der Waals surface area (Å²) in [4.78, 5) is 28.2. The molecule has 140 valence electrons. The van der Waals surface area contributed by atoms with Crippen LogP contribution >= 0.6 is 11.6 Å². The van der Waals surface area contributed by atoms with Gasteiger partial charge in [-0.25, -0.2) is 13.6 Å². The molecule has 5 nitrogen and oxygen atoms in total. The maximum Gasteiger partial charge on any atom is 0.322 e. The third kappa shape index (κ3) is 3.64. The zero-order chi connectivity index (χ0) is 19.7. The number of benzene rings is 2. The van der Waals surface area contributed by atoms with Crippen molar-refractivity contribution in [3.05, 3.63) is 75.2 Å². The number of amides is 2. The Balaban J connectivity index is 1.93. The van der Waals surface area contributed by atoms with Gasteiger partial charge in [-0.05, 0) is 48.2 Å². The minimum absolute atomic E-state index is 0.247. The summed E-state index contributed by atoms with van der Waals surface area (Å²) < 4.78 is 27.6. The Labute approximate surface area is 158 Å². The van der Waals surface area contributed by atoms with Crippen molar-refractivity contribution in [1.29, 1.82) is 0 Å². The molecule has 0 saturated carbocycles. The van der Waals surface area contributed by atoms with Crippen LogP contribution in [0.4, 0.5) is 19.3 Å². The van der Waals surface area contributed by atoms with Crippen molar-refractivity contribution >= 4 is 34.1 Å². The number of nitrogens with one attached hydrogen (secondary N) is 2. The molecule has 0 aliphatic carbocycles. The van der Waals surface area contributed by atoms with Crippen molar-refractivity contribution in [1.82, 2.24) is 9.88 Å². The summed E-state index contributed by atoms with van der Waals surface area (Å²) >= 11 is 5.82. The molecular formula is C19H16ClF2N3O2. The molecule has 0 fully saturated rings. The molecule has 3 rings (SSSR count). The summed E-state index contributed by atoms with van der Waals surface area (Å²) in [6, 6.07) is 7.97. The molecular weight excluding hydrogens is 376 g/mol. The van der Waals surface area contributed by atoms with E-state index in [1.54, 1.807) is 38.2 Å². The van der Waals surface area contributed by atoms with Crippen LogP contribution in [0.15, 0.2) is 47.4 Å². The maximum absolute atomic E-state index is 14.1. The summed E-state index contributed by atoms with van der Waals surface area (Å²) in [5.74, 6) is -2.32. The fourth-order valence-corrected chi connectivity index (χ4v) is 2.91. The second-order valence-corrected chi connectivity index (χ2v) is 6.52. The number of fused-ring (bicyclic) bond motifs is 1. The maximum atomic E-state index is 14.1. The first kappa shape index (κ1) is 18.8.